The first-order valence-corrected chi connectivity index (χ1v) is 8.20. The average Bonchev–Trinajstić information content (AvgIpc) is 2.96. The van der Waals surface area contributed by atoms with Crippen LogP contribution in [0.4, 0.5) is 0 Å². The summed E-state index contributed by atoms with van der Waals surface area (Å²) in [6, 6.07) is 14.7. The molecule has 0 atom stereocenters. The van der Waals surface area contributed by atoms with E-state index < -0.39 is 0 Å². The van der Waals surface area contributed by atoms with Gasteiger partial charge in [-0.2, -0.15) is 5.16 Å². The average molecular weight is 389 g/mol. The van der Waals surface area contributed by atoms with Crippen LogP contribution in [0.25, 0.3) is 10.8 Å². The zero-order valence-corrected chi connectivity index (χ0v) is 15.1. The van der Waals surface area contributed by atoms with Gasteiger partial charge in [0.1, 0.15) is 5.76 Å². The van der Waals surface area contributed by atoms with Crippen molar-refractivity contribution in [1.29, 1.82) is 0 Å². The number of piperidine rings is 1. The molecule has 1 aromatic heterocycles. The highest BCUT2D eigenvalue weighted by atomic mass is 79.9. The Kier molecular flexibility index (Phi) is 5.21. The van der Waals surface area contributed by atoms with Gasteiger partial charge in [-0.1, -0.05) is 42.5 Å². The van der Waals surface area contributed by atoms with Crippen LogP contribution in [0.1, 0.15) is 35.6 Å². The Morgan fingerprint density at radius 1 is 1.04 bits per heavy atom. The van der Waals surface area contributed by atoms with Crippen LogP contribution >= 0.6 is 17.0 Å². The molecule has 1 aliphatic rings. The molecule has 0 amide bonds. The Labute approximate surface area is 151 Å². The number of aromatic nitrogens is 1. The molecule has 0 radical (unpaired) electrons. The number of hydrogen-bond donors (Lipinski definition) is 2. The summed E-state index contributed by atoms with van der Waals surface area (Å²) in [7, 11) is 0. The number of nitrogens with one attached hydrogen (secondary N) is 2. The molecule has 2 heterocycles. The molecule has 24 heavy (non-hydrogen) atoms. The molecule has 0 saturated carbocycles. The number of rotatable bonds is 3. The van der Waals surface area contributed by atoms with Crippen molar-refractivity contribution in [3.05, 3.63) is 69.7 Å². The number of H-pyrrole nitrogens is 1. The predicted molar refractivity (Wildman–Crippen MR) is 101 cm³/mol. The van der Waals surface area contributed by atoms with Crippen LogP contribution in [-0.4, -0.2) is 18.2 Å². The molecule has 0 bridgehead atoms. The van der Waals surface area contributed by atoms with E-state index in [4.69, 9.17) is 4.52 Å². The second kappa shape index (κ2) is 7.36. The van der Waals surface area contributed by atoms with Crippen LogP contribution < -0.4 is 10.9 Å². The molecule has 4 nitrogen and oxygen atoms in total. The van der Waals surface area contributed by atoms with Crippen LogP contribution in [0.5, 0.6) is 0 Å². The van der Waals surface area contributed by atoms with Gasteiger partial charge in [0.25, 0.3) is 5.56 Å². The Morgan fingerprint density at radius 2 is 1.79 bits per heavy atom. The van der Waals surface area contributed by atoms with E-state index in [1.54, 1.807) is 0 Å². The van der Waals surface area contributed by atoms with Crippen molar-refractivity contribution in [1.82, 2.24) is 10.5 Å². The second-order valence-electron chi connectivity index (χ2n) is 6.26. The SMILES string of the molecule is Br.O=c1[nH]oc(C2CCNCC2)c1Cc1ccc2ccccc2c1. The van der Waals surface area contributed by atoms with Gasteiger partial charge in [-0.3, -0.25) is 4.79 Å². The lowest BCUT2D eigenvalue weighted by Crippen LogP contribution is -2.27. The first-order chi connectivity index (χ1) is 11.3. The van der Waals surface area contributed by atoms with Crippen LogP contribution in [0, 0.1) is 0 Å². The first-order valence-electron chi connectivity index (χ1n) is 8.20. The zero-order chi connectivity index (χ0) is 15.6. The lowest BCUT2D eigenvalue weighted by Gasteiger charge is -2.21. The van der Waals surface area contributed by atoms with Crippen molar-refractivity contribution in [2.24, 2.45) is 0 Å². The predicted octanol–water partition coefficient (Wildman–Crippen LogP) is 3.76. The Morgan fingerprint density at radius 3 is 2.58 bits per heavy atom. The molecule has 0 spiro atoms. The van der Waals surface area contributed by atoms with E-state index in [1.807, 2.05) is 12.1 Å². The molecule has 1 fully saturated rings. The fourth-order valence-corrected chi connectivity index (χ4v) is 3.47. The van der Waals surface area contributed by atoms with E-state index in [0.717, 1.165) is 42.8 Å². The number of hydrogen-bond acceptors (Lipinski definition) is 3. The van der Waals surface area contributed by atoms with Gasteiger partial charge in [0.15, 0.2) is 0 Å². The molecule has 126 valence electrons. The lowest BCUT2D eigenvalue weighted by atomic mass is 9.91. The number of benzene rings is 2. The molecule has 1 saturated heterocycles. The zero-order valence-electron chi connectivity index (χ0n) is 13.4. The summed E-state index contributed by atoms with van der Waals surface area (Å²) >= 11 is 0. The third-order valence-electron chi connectivity index (χ3n) is 4.73. The highest BCUT2D eigenvalue weighted by Gasteiger charge is 2.24. The molecule has 2 aromatic carbocycles. The van der Waals surface area contributed by atoms with Gasteiger partial charge in [0, 0.05) is 12.3 Å². The summed E-state index contributed by atoms with van der Waals surface area (Å²) in [6.07, 6.45) is 2.66. The highest BCUT2D eigenvalue weighted by molar-refractivity contribution is 8.93. The lowest BCUT2D eigenvalue weighted by molar-refractivity contribution is 0.324. The van der Waals surface area contributed by atoms with E-state index in [1.165, 1.54) is 10.8 Å². The van der Waals surface area contributed by atoms with Crippen molar-refractivity contribution in [2.45, 2.75) is 25.2 Å². The Hall–Kier alpha value is -1.85. The Bertz CT molecular complexity index is 878. The van der Waals surface area contributed by atoms with E-state index in [2.05, 4.69) is 40.8 Å². The smallest absolute Gasteiger partial charge is 0.283 e. The van der Waals surface area contributed by atoms with Gasteiger partial charge in [0.2, 0.25) is 0 Å². The second-order valence-corrected chi connectivity index (χ2v) is 6.26. The Balaban J connectivity index is 0.00000169. The quantitative estimate of drug-likeness (QED) is 0.717. The molecule has 5 heteroatoms. The molecule has 1 aliphatic heterocycles. The largest absolute Gasteiger partial charge is 0.383 e. The third kappa shape index (κ3) is 3.32. The fourth-order valence-electron chi connectivity index (χ4n) is 3.47. The molecule has 4 rings (SSSR count). The number of fused-ring (bicyclic) bond motifs is 1. The van der Waals surface area contributed by atoms with Crippen LogP contribution in [-0.2, 0) is 6.42 Å². The van der Waals surface area contributed by atoms with E-state index in [-0.39, 0.29) is 22.5 Å². The summed E-state index contributed by atoms with van der Waals surface area (Å²) in [5.74, 6) is 1.19. The maximum Gasteiger partial charge on any atom is 0.283 e. The van der Waals surface area contributed by atoms with Crippen LogP contribution in [0.3, 0.4) is 0 Å². The van der Waals surface area contributed by atoms with E-state index in [0.29, 0.717) is 12.3 Å². The molecule has 2 N–H and O–H groups in total. The summed E-state index contributed by atoms with van der Waals surface area (Å²) in [5.41, 5.74) is 1.84. The maximum absolute atomic E-state index is 12.2. The number of aromatic amines is 1. The monoisotopic (exact) mass is 388 g/mol. The van der Waals surface area contributed by atoms with Crippen LogP contribution in [0.15, 0.2) is 51.8 Å². The summed E-state index contributed by atoms with van der Waals surface area (Å²) in [6.45, 7) is 1.96. The van der Waals surface area contributed by atoms with Gasteiger partial charge in [-0.05, 0) is 42.3 Å². The summed E-state index contributed by atoms with van der Waals surface area (Å²) in [5, 5.41) is 8.31. The third-order valence-corrected chi connectivity index (χ3v) is 4.73. The topological polar surface area (TPSA) is 58.0 Å². The normalized spacial score (nSPS) is 15.3. The van der Waals surface area contributed by atoms with Gasteiger partial charge in [-0.15, -0.1) is 17.0 Å². The van der Waals surface area contributed by atoms with E-state index in [9.17, 15) is 4.79 Å². The van der Waals surface area contributed by atoms with E-state index >= 15 is 0 Å². The van der Waals surface area contributed by atoms with Gasteiger partial charge in [0.05, 0.1) is 5.56 Å². The fraction of sp³-hybridized carbons (Fsp3) is 0.316. The number of halogens is 1. The molecule has 0 aliphatic carbocycles. The van der Waals surface area contributed by atoms with Gasteiger partial charge >= 0.3 is 0 Å². The minimum atomic E-state index is -0.0910. The summed E-state index contributed by atoms with van der Waals surface area (Å²) < 4.78 is 5.53. The van der Waals surface area contributed by atoms with Crippen molar-refractivity contribution in [3.8, 4) is 0 Å². The van der Waals surface area contributed by atoms with Crippen molar-refractivity contribution >= 4 is 27.8 Å². The van der Waals surface area contributed by atoms with Crippen molar-refractivity contribution < 1.29 is 4.52 Å². The highest BCUT2D eigenvalue weighted by Crippen LogP contribution is 2.28. The van der Waals surface area contributed by atoms with Gasteiger partial charge < -0.3 is 9.84 Å². The van der Waals surface area contributed by atoms with Crippen LogP contribution in [0.2, 0.25) is 0 Å². The molecular formula is C19H21BrN2O2. The van der Waals surface area contributed by atoms with Crippen molar-refractivity contribution in [3.63, 3.8) is 0 Å². The minimum absolute atomic E-state index is 0. The maximum atomic E-state index is 12.2. The molecule has 3 aromatic rings. The molecular weight excluding hydrogens is 368 g/mol. The summed E-state index contributed by atoms with van der Waals surface area (Å²) in [4.78, 5) is 12.2. The minimum Gasteiger partial charge on any atom is -0.383 e. The first kappa shape index (κ1) is 17.0. The standard InChI is InChI=1S/C19H20N2O2.BrH/c22-19-17(18(23-21-19)15-7-9-20-10-8-15)12-13-5-6-14-3-1-2-4-16(14)11-13;/h1-6,11,15,20H,7-10,12H2,(H,21,22);1H. The van der Waals surface area contributed by atoms with Gasteiger partial charge in [-0.25, -0.2) is 0 Å². The molecule has 0 unspecified atom stereocenters. The van der Waals surface area contributed by atoms with Crippen molar-refractivity contribution in [2.75, 3.05) is 13.1 Å².